The first-order valence-electron chi connectivity index (χ1n) is 13.3. The van der Waals surface area contributed by atoms with Crippen LogP contribution in [-0.2, 0) is 30.2 Å². The standard InChI is InChI=1S/C29H43N3O8/c1-17-10-20-13-21(15-22(14-20)39-16-25(30)33)32-26(34)9-7-6-8-23(37-4)28(40-29(31)36)19(3)12-18(2)27(35)24(11-17)38-5/h7,9,12-15,17-18,23-24,27-28,35H,6,8,10-11,16H2,1-5H3,(H2,30,33)(H2,31,36)(H,32,34)/b9-7+,19-12+/t17-,18+,23+,24-,27-,28+/m1/s1. The summed E-state index contributed by atoms with van der Waals surface area (Å²) < 4.78 is 22.2. The van der Waals surface area contributed by atoms with E-state index in [1.165, 1.54) is 13.2 Å². The minimum Gasteiger partial charge on any atom is -0.484 e. The maximum atomic E-state index is 12.7. The molecule has 1 aliphatic heterocycles. The molecule has 222 valence electrons. The summed E-state index contributed by atoms with van der Waals surface area (Å²) in [6.07, 6.45) is 3.37. The molecule has 0 radical (unpaired) electrons. The van der Waals surface area contributed by atoms with Crippen molar-refractivity contribution in [3.63, 3.8) is 0 Å². The molecule has 11 nitrogen and oxygen atoms in total. The van der Waals surface area contributed by atoms with E-state index in [1.54, 1.807) is 32.2 Å². The van der Waals surface area contributed by atoms with Crippen molar-refractivity contribution in [2.75, 3.05) is 26.1 Å². The number of nitrogens with two attached hydrogens (primary N) is 2. The molecule has 0 unspecified atom stereocenters. The summed E-state index contributed by atoms with van der Waals surface area (Å²) in [4.78, 5) is 35.6. The van der Waals surface area contributed by atoms with E-state index in [9.17, 15) is 19.5 Å². The monoisotopic (exact) mass is 561 g/mol. The quantitative estimate of drug-likeness (QED) is 0.384. The summed E-state index contributed by atoms with van der Waals surface area (Å²) in [6, 6.07) is 5.26. The summed E-state index contributed by atoms with van der Waals surface area (Å²) >= 11 is 0. The lowest BCUT2D eigenvalue weighted by atomic mass is 9.88. The number of nitrogens with one attached hydrogen (secondary N) is 1. The molecule has 6 N–H and O–H groups in total. The second kappa shape index (κ2) is 16.0. The lowest BCUT2D eigenvalue weighted by molar-refractivity contribution is -0.120. The maximum absolute atomic E-state index is 12.7. The van der Waals surface area contributed by atoms with Crippen LogP contribution in [0.25, 0.3) is 0 Å². The van der Waals surface area contributed by atoms with Gasteiger partial charge in [0.15, 0.2) is 12.7 Å². The second-order valence-corrected chi connectivity index (χ2v) is 10.3. The van der Waals surface area contributed by atoms with Gasteiger partial charge in [0.25, 0.3) is 5.91 Å². The van der Waals surface area contributed by atoms with Crippen molar-refractivity contribution >= 4 is 23.6 Å². The van der Waals surface area contributed by atoms with E-state index < -0.39 is 36.4 Å². The Balaban J connectivity index is 2.45. The second-order valence-electron chi connectivity index (χ2n) is 10.3. The number of aliphatic hydroxyl groups is 1. The van der Waals surface area contributed by atoms with Crippen molar-refractivity contribution in [2.45, 2.75) is 70.9 Å². The van der Waals surface area contributed by atoms with Crippen molar-refractivity contribution < 1.29 is 38.4 Å². The molecule has 0 spiro atoms. The van der Waals surface area contributed by atoms with Gasteiger partial charge in [0.2, 0.25) is 5.91 Å². The molecule has 2 rings (SSSR count). The van der Waals surface area contributed by atoms with Crippen LogP contribution in [0.3, 0.4) is 0 Å². The SMILES string of the molecule is CO[C@H]1CC/C=C/C(=O)Nc2cc(cc(OCC(N)=O)c2)C[C@@H](C)C[C@@H](OC)[C@H](O)[C@@H](C)/C=C(\C)[C@@H]1OC(N)=O. The molecule has 0 saturated carbocycles. The number of benzene rings is 1. The molecule has 0 aromatic heterocycles. The summed E-state index contributed by atoms with van der Waals surface area (Å²) in [7, 11) is 3.06. The Labute approximate surface area is 235 Å². The van der Waals surface area contributed by atoms with E-state index >= 15 is 0 Å². The zero-order chi connectivity index (χ0) is 29.8. The van der Waals surface area contributed by atoms with Gasteiger partial charge >= 0.3 is 6.09 Å². The van der Waals surface area contributed by atoms with Crippen LogP contribution in [-0.4, -0.2) is 68.3 Å². The smallest absolute Gasteiger partial charge is 0.405 e. The van der Waals surface area contributed by atoms with Gasteiger partial charge in [0.1, 0.15) is 5.75 Å². The predicted molar refractivity (Wildman–Crippen MR) is 151 cm³/mol. The number of allylic oxidation sites excluding steroid dienone is 1. The fraction of sp³-hybridized carbons (Fsp3) is 0.552. The lowest BCUT2D eigenvalue weighted by Crippen LogP contribution is -2.37. The summed E-state index contributed by atoms with van der Waals surface area (Å²) in [5.74, 6) is -0.838. The number of rotatable bonds is 6. The number of ether oxygens (including phenoxy) is 4. The van der Waals surface area contributed by atoms with Crippen molar-refractivity contribution in [2.24, 2.45) is 23.3 Å². The van der Waals surface area contributed by atoms with Crippen LogP contribution in [0.2, 0.25) is 0 Å². The summed E-state index contributed by atoms with van der Waals surface area (Å²) in [5.41, 5.74) is 12.6. The van der Waals surface area contributed by atoms with Crippen LogP contribution in [0.5, 0.6) is 5.75 Å². The first kappa shape index (κ1) is 32.8. The van der Waals surface area contributed by atoms with Gasteiger partial charge in [-0.25, -0.2) is 4.79 Å². The fourth-order valence-corrected chi connectivity index (χ4v) is 4.91. The average Bonchev–Trinajstić information content (AvgIpc) is 2.88. The third-order valence-corrected chi connectivity index (χ3v) is 6.80. The highest BCUT2D eigenvalue weighted by molar-refractivity contribution is 5.99. The van der Waals surface area contributed by atoms with E-state index in [0.29, 0.717) is 42.7 Å². The molecule has 11 heteroatoms. The molecule has 0 saturated heterocycles. The normalized spacial score (nSPS) is 28.9. The molecule has 1 aromatic rings. The zero-order valence-electron chi connectivity index (χ0n) is 23.9. The number of carbonyl (C=O) groups excluding carboxylic acids is 3. The number of aliphatic hydroxyl groups excluding tert-OH is 1. The number of carbonyl (C=O) groups is 3. The number of primary amides is 2. The number of anilines is 1. The van der Waals surface area contributed by atoms with Crippen LogP contribution in [0.15, 0.2) is 42.0 Å². The third-order valence-electron chi connectivity index (χ3n) is 6.80. The Morgan fingerprint density at radius 2 is 1.80 bits per heavy atom. The Hall–Kier alpha value is -3.41. The largest absolute Gasteiger partial charge is 0.484 e. The van der Waals surface area contributed by atoms with E-state index in [1.807, 2.05) is 26.0 Å². The van der Waals surface area contributed by atoms with Crippen LogP contribution in [0, 0.1) is 11.8 Å². The lowest BCUT2D eigenvalue weighted by Gasteiger charge is -2.30. The van der Waals surface area contributed by atoms with Crippen LogP contribution >= 0.6 is 0 Å². The number of hydrogen-bond donors (Lipinski definition) is 4. The minimum atomic E-state index is -0.939. The molecule has 1 aliphatic rings. The number of fused-ring (bicyclic) bond motifs is 2. The number of amides is 3. The summed E-state index contributed by atoms with van der Waals surface area (Å²) in [5, 5.41) is 14.0. The topological polar surface area (TPSA) is 172 Å². The molecule has 2 bridgehead atoms. The highest BCUT2D eigenvalue weighted by Gasteiger charge is 2.29. The van der Waals surface area contributed by atoms with Gasteiger partial charge < -0.3 is 40.8 Å². The number of hydrogen-bond acceptors (Lipinski definition) is 8. The molecule has 40 heavy (non-hydrogen) atoms. The molecule has 0 fully saturated rings. The van der Waals surface area contributed by atoms with Gasteiger partial charge in [-0.15, -0.1) is 0 Å². The minimum absolute atomic E-state index is 0.0672. The van der Waals surface area contributed by atoms with Crippen LogP contribution in [0.4, 0.5) is 10.5 Å². The highest BCUT2D eigenvalue weighted by atomic mass is 16.6. The van der Waals surface area contributed by atoms with Crippen LogP contribution < -0.4 is 21.5 Å². The zero-order valence-corrected chi connectivity index (χ0v) is 23.9. The van der Waals surface area contributed by atoms with Crippen molar-refractivity contribution in [3.8, 4) is 5.75 Å². The molecular weight excluding hydrogens is 518 g/mol. The van der Waals surface area contributed by atoms with Gasteiger partial charge in [-0.2, -0.15) is 0 Å². The van der Waals surface area contributed by atoms with E-state index in [2.05, 4.69) is 5.32 Å². The molecule has 0 aliphatic carbocycles. The molecular formula is C29H43N3O8. The van der Waals surface area contributed by atoms with Crippen molar-refractivity contribution in [1.82, 2.24) is 0 Å². The van der Waals surface area contributed by atoms with Gasteiger partial charge in [-0.1, -0.05) is 26.0 Å². The fourth-order valence-electron chi connectivity index (χ4n) is 4.91. The van der Waals surface area contributed by atoms with Crippen LogP contribution in [0.1, 0.15) is 45.6 Å². The Morgan fingerprint density at radius 3 is 2.42 bits per heavy atom. The Morgan fingerprint density at radius 1 is 1.10 bits per heavy atom. The van der Waals surface area contributed by atoms with Crippen molar-refractivity contribution in [3.05, 3.63) is 47.6 Å². The number of methoxy groups -OCH3 is 2. The van der Waals surface area contributed by atoms with Gasteiger partial charge in [-0.05, 0) is 67.9 Å². The van der Waals surface area contributed by atoms with Crippen molar-refractivity contribution in [1.29, 1.82) is 0 Å². The Bertz CT molecular complexity index is 1070. The van der Waals surface area contributed by atoms with E-state index in [4.69, 9.17) is 30.4 Å². The maximum Gasteiger partial charge on any atom is 0.405 e. The molecule has 6 atom stereocenters. The van der Waals surface area contributed by atoms with E-state index in [-0.39, 0.29) is 24.3 Å². The highest BCUT2D eigenvalue weighted by Crippen LogP contribution is 2.27. The third kappa shape index (κ3) is 10.6. The van der Waals surface area contributed by atoms with Gasteiger partial charge in [-0.3, -0.25) is 9.59 Å². The molecule has 3 amide bonds. The summed E-state index contributed by atoms with van der Waals surface area (Å²) in [6.45, 7) is 5.40. The Kier molecular flexibility index (Phi) is 13.1. The predicted octanol–water partition coefficient (Wildman–Crippen LogP) is 2.85. The van der Waals surface area contributed by atoms with E-state index in [0.717, 1.165) is 5.56 Å². The first-order valence-corrected chi connectivity index (χ1v) is 13.3. The van der Waals surface area contributed by atoms with Gasteiger partial charge in [0.05, 0.1) is 18.3 Å². The average molecular weight is 562 g/mol. The molecule has 1 aromatic carbocycles. The van der Waals surface area contributed by atoms with Gasteiger partial charge in [0, 0.05) is 31.9 Å². The molecule has 1 heterocycles. The first-order chi connectivity index (χ1) is 18.9.